The van der Waals surface area contributed by atoms with Crippen LogP contribution in [0.15, 0.2) is 59.2 Å². The van der Waals surface area contributed by atoms with E-state index in [1.54, 1.807) is 18.4 Å². The molecule has 3 nitrogen and oxygen atoms in total. The van der Waals surface area contributed by atoms with Gasteiger partial charge in [0.2, 0.25) is 0 Å². The van der Waals surface area contributed by atoms with E-state index >= 15 is 0 Å². The molecule has 0 radical (unpaired) electrons. The molecule has 4 heteroatoms. The van der Waals surface area contributed by atoms with E-state index in [9.17, 15) is 9.18 Å². The van der Waals surface area contributed by atoms with Gasteiger partial charge in [-0.15, -0.1) is 0 Å². The van der Waals surface area contributed by atoms with Crippen molar-refractivity contribution in [2.75, 3.05) is 19.6 Å². The number of Topliss-reactive ketones (excluding diaryl/α,β-unsaturated/α-hetero) is 1. The molecule has 2 aromatic carbocycles. The first-order valence-electron chi connectivity index (χ1n) is 13.0. The Kier molecular flexibility index (Phi) is 6.87. The van der Waals surface area contributed by atoms with Crippen LogP contribution in [0.5, 0.6) is 0 Å². The molecule has 1 unspecified atom stereocenters. The Bertz CT molecular complexity index is 1110. The zero-order valence-corrected chi connectivity index (χ0v) is 20.3. The third-order valence-corrected chi connectivity index (χ3v) is 8.43. The molecule has 5 rings (SSSR count). The lowest BCUT2D eigenvalue weighted by molar-refractivity contribution is -0.129. The van der Waals surface area contributed by atoms with Gasteiger partial charge < -0.3 is 9.32 Å². The van der Waals surface area contributed by atoms with Gasteiger partial charge in [0, 0.05) is 16.9 Å². The molecule has 1 saturated carbocycles. The quantitative estimate of drug-likeness (QED) is 0.372. The third-order valence-electron chi connectivity index (χ3n) is 8.43. The standard InChI is InChI=1S/C30H36FNO2/c1-30(25-10-6-3-7-11-25,29(33)23-8-4-2-5-9-23)15-18-32-16-12-22(13-17-32)27-21-26(31)20-24-14-19-34-28(24)27/h3,6-7,10-11,14,19-23H,2,4-5,8-9,12-13,15-18H2,1H3. The summed E-state index contributed by atoms with van der Waals surface area (Å²) in [5, 5.41) is 0.845. The van der Waals surface area contributed by atoms with Crippen LogP contribution in [0.3, 0.4) is 0 Å². The van der Waals surface area contributed by atoms with Crippen LogP contribution in [0.2, 0.25) is 0 Å². The maximum absolute atomic E-state index is 14.2. The molecule has 0 amide bonds. The smallest absolute Gasteiger partial charge is 0.146 e. The summed E-state index contributed by atoms with van der Waals surface area (Å²) >= 11 is 0. The van der Waals surface area contributed by atoms with Gasteiger partial charge in [-0.1, -0.05) is 49.6 Å². The maximum Gasteiger partial charge on any atom is 0.146 e. The van der Waals surface area contributed by atoms with Crippen LogP contribution in [0.1, 0.15) is 75.3 Å². The van der Waals surface area contributed by atoms with E-state index in [-0.39, 0.29) is 11.7 Å². The van der Waals surface area contributed by atoms with Gasteiger partial charge in [-0.05, 0) is 88.3 Å². The van der Waals surface area contributed by atoms with Gasteiger partial charge in [0.15, 0.2) is 0 Å². The largest absolute Gasteiger partial charge is 0.464 e. The number of benzene rings is 2. The zero-order valence-electron chi connectivity index (χ0n) is 20.3. The molecule has 1 aliphatic heterocycles. The summed E-state index contributed by atoms with van der Waals surface area (Å²) in [5.41, 5.74) is 2.54. The van der Waals surface area contributed by atoms with Gasteiger partial charge >= 0.3 is 0 Å². The van der Waals surface area contributed by atoms with Crippen LogP contribution < -0.4 is 0 Å². The number of carbonyl (C=O) groups excluding carboxylic acids is 1. The van der Waals surface area contributed by atoms with Crippen LogP contribution in [0, 0.1) is 11.7 Å². The number of carbonyl (C=O) groups is 1. The Morgan fingerprint density at radius 1 is 1.03 bits per heavy atom. The SMILES string of the molecule is CC(CCN1CCC(c2cc(F)cc3ccoc23)CC1)(C(=O)C1CCCCC1)c1ccccc1. The van der Waals surface area contributed by atoms with Gasteiger partial charge in [0.25, 0.3) is 0 Å². The summed E-state index contributed by atoms with van der Waals surface area (Å²) in [4.78, 5) is 16.3. The average Bonchev–Trinajstić information content (AvgIpc) is 3.36. The Labute approximate surface area is 202 Å². The zero-order chi connectivity index (χ0) is 23.5. The highest BCUT2D eigenvalue weighted by molar-refractivity contribution is 5.91. The number of hydrogen-bond acceptors (Lipinski definition) is 3. The van der Waals surface area contributed by atoms with Gasteiger partial charge in [0.1, 0.15) is 17.2 Å². The highest BCUT2D eigenvalue weighted by Crippen LogP contribution is 2.38. The highest BCUT2D eigenvalue weighted by atomic mass is 19.1. The molecular weight excluding hydrogens is 425 g/mol. The third kappa shape index (κ3) is 4.70. The molecule has 2 aliphatic rings. The molecule has 1 atom stereocenters. The second-order valence-corrected chi connectivity index (χ2v) is 10.6. The molecule has 0 N–H and O–H groups in total. The van der Waals surface area contributed by atoms with E-state index in [1.165, 1.54) is 19.3 Å². The predicted molar refractivity (Wildman–Crippen MR) is 135 cm³/mol. The van der Waals surface area contributed by atoms with Gasteiger partial charge in [-0.25, -0.2) is 4.39 Å². The fourth-order valence-electron chi connectivity index (χ4n) is 6.26. The van der Waals surface area contributed by atoms with E-state index < -0.39 is 5.41 Å². The number of furan rings is 1. The van der Waals surface area contributed by atoms with E-state index in [0.717, 1.165) is 73.8 Å². The van der Waals surface area contributed by atoms with Crippen molar-refractivity contribution in [2.45, 2.75) is 69.6 Å². The summed E-state index contributed by atoms with van der Waals surface area (Å²) in [5.74, 6) is 0.762. The number of halogens is 1. The van der Waals surface area contributed by atoms with Gasteiger partial charge in [-0.3, -0.25) is 4.79 Å². The molecule has 2 fully saturated rings. The lowest BCUT2D eigenvalue weighted by Crippen LogP contribution is -2.42. The van der Waals surface area contributed by atoms with Crippen molar-refractivity contribution in [3.05, 3.63) is 71.7 Å². The van der Waals surface area contributed by atoms with E-state index in [2.05, 4.69) is 36.1 Å². The van der Waals surface area contributed by atoms with Crippen molar-refractivity contribution < 1.29 is 13.6 Å². The number of piperidine rings is 1. The first kappa shape index (κ1) is 23.3. The molecule has 0 bridgehead atoms. The van der Waals surface area contributed by atoms with E-state index in [4.69, 9.17) is 4.42 Å². The van der Waals surface area contributed by atoms with Crippen molar-refractivity contribution in [1.29, 1.82) is 0 Å². The lowest BCUT2D eigenvalue weighted by atomic mass is 9.69. The Hall–Kier alpha value is -2.46. The maximum atomic E-state index is 14.2. The van der Waals surface area contributed by atoms with Crippen molar-refractivity contribution in [2.24, 2.45) is 5.92 Å². The van der Waals surface area contributed by atoms with Crippen LogP contribution >= 0.6 is 0 Å². The number of fused-ring (bicyclic) bond motifs is 1. The molecule has 1 saturated heterocycles. The second kappa shape index (κ2) is 10.0. The number of likely N-dealkylation sites (tertiary alicyclic amines) is 1. The number of ketones is 1. The Morgan fingerprint density at radius 2 is 1.76 bits per heavy atom. The van der Waals surface area contributed by atoms with Crippen molar-refractivity contribution >= 4 is 16.8 Å². The average molecular weight is 462 g/mol. The van der Waals surface area contributed by atoms with E-state index in [1.807, 2.05) is 12.1 Å². The molecule has 1 aromatic heterocycles. The minimum atomic E-state index is -0.441. The number of nitrogens with zero attached hydrogens (tertiary/aromatic N) is 1. The molecule has 34 heavy (non-hydrogen) atoms. The topological polar surface area (TPSA) is 33.5 Å². The second-order valence-electron chi connectivity index (χ2n) is 10.6. The number of rotatable bonds is 7. The summed E-state index contributed by atoms with van der Waals surface area (Å²) in [6.45, 7) is 5.01. The summed E-state index contributed by atoms with van der Waals surface area (Å²) in [6, 6.07) is 15.4. The molecule has 1 aliphatic carbocycles. The van der Waals surface area contributed by atoms with Crippen LogP contribution in [0.4, 0.5) is 4.39 Å². The van der Waals surface area contributed by atoms with Crippen molar-refractivity contribution in [3.63, 3.8) is 0 Å². The normalized spacial score (nSPS) is 20.4. The minimum Gasteiger partial charge on any atom is -0.464 e. The fraction of sp³-hybridized carbons (Fsp3) is 0.500. The van der Waals surface area contributed by atoms with Crippen molar-refractivity contribution in [3.8, 4) is 0 Å². The molecule has 0 spiro atoms. The van der Waals surface area contributed by atoms with E-state index in [0.29, 0.717) is 11.7 Å². The summed E-state index contributed by atoms with van der Waals surface area (Å²) in [7, 11) is 0. The van der Waals surface area contributed by atoms with Crippen molar-refractivity contribution in [1.82, 2.24) is 4.90 Å². The molecule has 3 aromatic rings. The summed E-state index contributed by atoms with van der Waals surface area (Å²) in [6.07, 6.45) is 10.2. The first-order valence-corrected chi connectivity index (χ1v) is 13.0. The molecule has 180 valence electrons. The van der Waals surface area contributed by atoms with Crippen LogP contribution in [-0.2, 0) is 10.2 Å². The monoisotopic (exact) mass is 461 g/mol. The lowest BCUT2D eigenvalue weighted by Gasteiger charge is -2.37. The highest BCUT2D eigenvalue weighted by Gasteiger charge is 2.39. The first-order chi connectivity index (χ1) is 16.5. The van der Waals surface area contributed by atoms with Crippen LogP contribution in [0.25, 0.3) is 11.0 Å². The minimum absolute atomic E-state index is 0.189. The van der Waals surface area contributed by atoms with Gasteiger partial charge in [-0.2, -0.15) is 0 Å². The number of hydrogen-bond donors (Lipinski definition) is 0. The Balaban J connectivity index is 1.26. The van der Waals surface area contributed by atoms with Crippen LogP contribution in [-0.4, -0.2) is 30.3 Å². The molecule has 2 heterocycles. The molecular formula is C30H36FNO2. The Morgan fingerprint density at radius 3 is 2.50 bits per heavy atom. The predicted octanol–water partition coefficient (Wildman–Crippen LogP) is 7.25. The fourth-order valence-corrected chi connectivity index (χ4v) is 6.26. The summed E-state index contributed by atoms with van der Waals surface area (Å²) < 4.78 is 19.9. The van der Waals surface area contributed by atoms with Gasteiger partial charge in [0.05, 0.1) is 11.7 Å².